The van der Waals surface area contributed by atoms with Crippen LogP contribution in [-0.2, 0) is 0 Å². The zero-order chi connectivity index (χ0) is 10.8. The average molecular weight is 228 g/mol. The molecule has 1 aliphatic heterocycles. The van der Waals surface area contributed by atoms with E-state index in [0.29, 0.717) is 5.56 Å². The van der Waals surface area contributed by atoms with Gasteiger partial charge < -0.3 is 15.4 Å². The van der Waals surface area contributed by atoms with Crippen LogP contribution in [0.15, 0.2) is 4.52 Å². The fourth-order valence-corrected chi connectivity index (χ4v) is 2.95. The second kappa shape index (κ2) is 4.14. The molecular weight excluding hydrogens is 216 g/mol. The molecule has 0 aromatic carbocycles. The number of carboxylic acids is 1. The molecule has 0 aliphatic carbocycles. The Labute approximate surface area is 91.0 Å². The molecular formula is C9H12N2O3S. The highest BCUT2D eigenvalue weighted by molar-refractivity contribution is 7.99. The van der Waals surface area contributed by atoms with Crippen LogP contribution in [0.2, 0.25) is 0 Å². The maximum Gasteiger partial charge on any atom is 0.358 e. The quantitative estimate of drug-likeness (QED) is 0.798. The number of nitrogens with zero attached hydrogens (tertiary/aromatic N) is 1. The van der Waals surface area contributed by atoms with E-state index in [-0.39, 0.29) is 17.5 Å². The molecule has 0 radical (unpaired) electrons. The summed E-state index contributed by atoms with van der Waals surface area (Å²) in [5.74, 6) is 1.35. The summed E-state index contributed by atoms with van der Waals surface area (Å²) in [5, 5.41) is 12.4. The van der Waals surface area contributed by atoms with Crippen LogP contribution in [0, 0.1) is 0 Å². The third-order valence-corrected chi connectivity index (χ3v) is 3.64. The van der Waals surface area contributed by atoms with Crippen molar-refractivity contribution in [2.45, 2.75) is 18.8 Å². The van der Waals surface area contributed by atoms with E-state index in [2.05, 4.69) is 5.16 Å². The van der Waals surface area contributed by atoms with Crippen molar-refractivity contribution in [1.29, 1.82) is 0 Å². The number of carbonyl (C=O) groups is 1. The van der Waals surface area contributed by atoms with Gasteiger partial charge in [0.15, 0.2) is 5.69 Å². The Bertz CT molecular complexity index is 371. The molecule has 0 amide bonds. The number of carboxylic acid groups (broad SMARTS) is 1. The number of hydrogen-bond acceptors (Lipinski definition) is 5. The van der Waals surface area contributed by atoms with E-state index in [1.165, 1.54) is 0 Å². The number of aromatic nitrogens is 1. The molecule has 1 fully saturated rings. The Morgan fingerprint density at radius 2 is 2.20 bits per heavy atom. The lowest BCUT2D eigenvalue weighted by Gasteiger charge is -2.20. The highest BCUT2D eigenvalue weighted by atomic mass is 32.2. The maximum atomic E-state index is 10.9. The van der Waals surface area contributed by atoms with Crippen LogP contribution in [0.3, 0.4) is 0 Å². The first-order chi connectivity index (χ1) is 7.20. The summed E-state index contributed by atoms with van der Waals surface area (Å²) in [4.78, 5) is 10.9. The topological polar surface area (TPSA) is 89.4 Å². The standard InChI is InChI=1S/C9H12N2O3S/c10-8-6(5-1-3-15-4-2-5)7(9(12)13)11-14-8/h5H,1-4,10H2,(H,12,13). The lowest BCUT2D eigenvalue weighted by molar-refractivity contribution is 0.0684. The van der Waals surface area contributed by atoms with E-state index >= 15 is 0 Å². The summed E-state index contributed by atoms with van der Waals surface area (Å²) >= 11 is 1.88. The first-order valence-electron chi connectivity index (χ1n) is 4.76. The van der Waals surface area contributed by atoms with E-state index in [1.807, 2.05) is 11.8 Å². The van der Waals surface area contributed by atoms with Gasteiger partial charge in [0, 0.05) is 0 Å². The molecule has 2 rings (SSSR count). The van der Waals surface area contributed by atoms with Crippen molar-refractivity contribution in [2.75, 3.05) is 17.2 Å². The average Bonchev–Trinajstić information content (AvgIpc) is 2.61. The van der Waals surface area contributed by atoms with Crippen LogP contribution in [0.25, 0.3) is 0 Å². The summed E-state index contributed by atoms with van der Waals surface area (Å²) in [6, 6.07) is 0. The smallest absolute Gasteiger partial charge is 0.358 e. The molecule has 5 nitrogen and oxygen atoms in total. The van der Waals surface area contributed by atoms with Gasteiger partial charge in [0.1, 0.15) is 0 Å². The Hall–Kier alpha value is -1.17. The normalized spacial score (nSPS) is 17.9. The number of rotatable bonds is 2. The van der Waals surface area contributed by atoms with Crippen molar-refractivity contribution in [3.8, 4) is 0 Å². The van der Waals surface area contributed by atoms with Gasteiger partial charge in [0.05, 0.1) is 5.56 Å². The summed E-state index contributed by atoms with van der Waals surface area (Å²) in [5.41, 5.74) is 6.17. The summed E-state index contributed by atoms with van der Waals surface area (Å²) in [6.45, 7) is 0. The van der Waals surface area contributed by atoms with Crippen LogP contribution in [0.1, 0.15) is 34.8 Å². The van der Waals surface area contributed by atoms with Crippen LogP contribution >= 0.6 is 11.8 Å². The summed E-state index contributed by atoms with van der Waals surface area (Å²) in [7, 11) is 0. The van der Waals surface area contributed by atoms with Crippen LogP contribution in [0.4, 0.5) is 5.88 Å². The van der Waals surface area contributed by atoms with Crippen molar-refractivity contribution in [2.24, 2.45) is 0 Å². The molecule has 1 aliphatic rings. The zero-order valence-electron chi connectivity index (χ0n) is 8.10. The van der Waals surface area contributed by atoms with E-state index in [9.17, 15) is 4.79 Å². The number of hydrogen-bond donors (Lipinski definition) is 2. The number of nitrogens with two attached hydrogens (primary N) is 1. The van der Waals surface area contributed by atoms with E-state index < -0.39 is 5.97 Å². The first kappa shape index (κ1) is 10.4. The molecule has 1 aromatic heterocycles. The first-order valence-corrected chi connectivity index (χ1v) is 5.91. The minimum atomic E-state index is -1.07. The summed E-state index contributed by atoms with van der Waals surface area (Å²) in [6.07, 6.45) is 1.88. The largest absolute Gasteiger partial charge is 0.476 e. The monoisotopic (exact) mass is 228 g/mol. The minimum absolute atomic E-state index is 0.0237. The Morgan fingerprint density at radius 1 is 1.53 bits per heavy atom. The number of thioether (sulfide) groups is 1. The van der Waals surface area contributed by atoms with Gasteiger partial charge in [-0.2, -0.15) is 11.8 Å². The molecule has 0 bridgehead atoms. The predicted molar refractivity (Wildman–Crippen MR) is 57.2 cm³/mol. The Morgan fingerprint density at radius 3 is 2.80 bits per heavy atom. The second-order valence-electron chi connectivity index (χ2n) is 3.50. The van der Waals surface area contributed by atoms with Crippen LogP contribution in [0.5, 0.6) is 0 Å². The van der Waals surface area contributed by atoms with Crippen molar-refractivity contribution < 1.29 is 14.4 Å². The van der Waals surface area contributed by atoms with Crippen molar-refractivity contribution >= 4 is 23.6 Å². The predicted octanol–water partition coefficient (Wildman–Crippen LogP) is 1.57. The van der Waals surface area contributed by atoms with Gasteiger partial charge in [-0.05, 0) is 30.3 Å². The third kappa shape index (κ3) is 1.94. The SMILES string of the molecule is Nc1onc(C(=O)O)c1C1CCSCC1. The van der Waals surface area contributed by atoms with Gasteiger partial charge in [-0.15, -0.1) is 0 Å². The molecule has 0 spiro atoms. The van der Waals surface area contributed by atoms with Crippen LogP contribution in [-0.4, -0.2) is 27.7 Å². The third-order valence-electron chi connectivity index (χ3n) is 2.59. The highest BCUT2D eigenvalue weighted by Gasteiger charge is 2.28. The van der Waals surface area contributed by atoms with Crippen LogP contribution < -0.4 is 5.73 Å². The lowest BCUT2D eigenvalue weighted by atomic mass is 9.93. The molecule has 0 saturated carbocycles. The number of aromatic carboxylic acids is 1. The number of nitrogen functional groups attached to an aromatic ring is 1. The van der Waals surface area contributed by atoms with Gasteiger partial charge >= 0.3 is 5.97 Å². The molecule has 15 heavy (non-hydrogen) atoms. The van der Waals surface area contributed by atoms with Gasteiger partial charge in [-0.25, -0.2) is 4.79 Å². The van der Waals surface area contributed by atoms with Crippen molar-refractivity contribution in [3.05, 3.63) is 11.3 Å². The van der Waals surface area contributed by atoms with E-state index in [4.69, 9.17) is 15.4 Å². The van der Waals surface area contributed by atoms with Gasteiger partial charge in [-0.3, -0.25) is 0 Å². The van der Waals surface area contributed by atoms with Gasteiger partial charge in [0.25, 0.3) is 0 Å². The fraction of sp³-hybridized carbons (Fsp3) is 0.556. The van der Waals surface area contributed by atoms with Gasteiger partial charge in [-0.1, -0.05) is 5.16 Å². The lowest BCUT2D eigenvalue weighted by Crippen LogP contribution is -2.12. The molecule has 1 saturated heterocycles. The molecule has 3 N–H and O–H groups in total. The van der Waals surface area contributed by atoms with Crippen molar-refractivity contribution in [3.63, 3.8) is 0 Å². The Kier molecular flexibility index (Phi) is 2.86. The molecule has 0 unspecified atom stereocenters. The molecule has 6 heteroatoms. The maximum absolute atomic E-state index is 10.9. The fourth-order valence-electron chi connectivity index (χ4n) is 1.84. The number of anilines is 1. The van der Waals surface area contributed by atoms with E-state index in [0.717, 1.165) is 24.3 Å². The zero-order valence-corrected chi connectivity index (χ0v) is 8.92. The van der Waals surface area contributed by atoms with Gasteiger partial charge in [0.2, 0.25) is 5.88 Å². The molecule has 1 aromatic rings. The second-order valence-corrected chi connectivity index (χ2v) is 4.73. The molecule has 2 heterocycles. The Balaban J connectivity index is 2.32. The highest BCUT2D eigenvalue weighted by Crippen LogP contribution is 2.36. The molecule has 82 valence electrons. The van der Waals surface area contributed by atoms with E-state index in [1.54, 1.807) is 0 Å². The summed E-state index contributed by atoms with van der Waals surface area (Å²) < 4.78 is 4.75. The molecule has 0 atom stereocenters. The minimum Gasteiger partial charge on any atom is -0.476 e. The van der Waals surface area contributed by atoms with Crippen molar-refractivity contribution in [1.82, 2.24) is 5.16 Å².